The lowest BCUT2D eigenvalue weighted by Gasteiger charge is -2.20. The number of aliphatic hydroxyl groups is 1. The fraction of sp³-hybridized carbons (Fsp3) is 0.375. The Hall–Kier alpha value is -2.45. The molecule has 0 saturated heterocycles. The molecule has 0 bridgehead atoms. The first kappa shape index (κ1) is 26.2. The molecule has 0 amide bonds. The van der Waals surface area contributed by atoms with Crippen LogP contribution in [0.2, 0.25) is 4.34 Å². The van der Waals surface area contributed by atoms with Crippen LogP contribution < -0.4 is 10.5 Å². The van der Waals surface area contributed by atoms with Gasteiger partial charge in [-0.05, 0) is 37.1 Å². The van der Waals surface area contributed by atoms with Crippen molar-refractivity contribution in [3.8, 4) is 0 Å². The summed E-state index contributed by atoms with van der Waals surface area (Å²) in [6, 6.07) is 9.75. The summed E-state index contributed by atoms with van der Waals surface area (Å²) in [7, 11) is -2.06. The van der Waals surface area contributed by atoms with Crippen LogP contribution in [0, 0.1) is 5.92 Å². The fourth-order valence-electron chi connectivity index (χ4n) is 5.15. The SMILES string of the molecule is CN1Cc2ccccc2[C@@H]1c1cc(C(=O)c2cncnc2N[C@@H]2C[C@H](COS(N)(=O)=O)[C@@H](O)C2)sc1Cl. The van der Waals surface area contributed by atoms with Crippen LogP contribution in [-0.4, -0.2) is 60.0 Å². The van der Waals surface area contributed by atoms with Crippen LogP contribution >= 0.6 is 22.9 Å². The minimum Gasteiger partial charge on any atom is -0.393 e. The van der Waals surface area contributed by atoms with E-state index < -0.39 is 22.3 Å². The number of hydrogen-bond acceptors (Lipinski definition) is 10. The van der Waals surface area contributed by atoms with Gasteiger partial charge in [0.1, 0.15) is 12.1 Å². The Balaban J connectivity index is 1.35. The number of aromatic nitrogens is 2. The molecule has 196 valence electrons. The Morgan fingerprint density at radius 2 is 2.11 bits per heavy atom. The van der Waals surface area contributed by atoms with Crippen molar-refractivity contribution in [2.24, 2.45) is 11.1 Å². The van der Waals surface area contributed by atoms with E-state index in [1.54, 1.807) is 0 Å². The summed E-state index contributed by atoms with van der Waals surface area (Å²) in [6.45, 7) is 0.580. The zero-order valence-electron chi connectivity index (χ0n) is 19.9. The molecule has 4 atom stereocenters. The molecule has 3 heterocycles. The van der Waals surface area contributed by atoms with Crippen LogP contribution in [0.5, 0.6) is 0 Å². The van der Waals surface area contributed by atoms with Gasteiger partial charge in [-0.15, -0.1) is 11.3 Å². The molecule has 4 N–H and O–H groups in total. The average molecular weight is 564 g/mol. The van der Waals surface area contributed by atoms with Gasteiger partial charge < -0.3 is 10.4 Å². The van der Waals surface area contributed by atoms with Crippen molar-refractivity contribution >= 4 is 44.8 Å². The number of halogens is 1. The maximum atomic E-state index is 13.6. The van der Waals surface area contributed by atoms with E-state index in [-0.39, 0.29) is 30.0 Å². The average Bonchev–Trinajstić information content (AvgIpc) is 3.50. The van der Waals surface area contributed by atoms with Crippen molar-refractivity contribution in [1.82, 2.24) is 14.9 Å². The van der Waals surface area contributed by atoms with E-state index in [4.69, 9.17) is 16.7 Å². The normalized spacial score (nSPS) is 23.8. The van der Waals surface area contributed by atoms with Crippen molar-refractivity contribution in [1.29, 1.82) is 0 Å². The van der Waals surface area contributed by atoms with Crippen molar-refractivity contribution < 1.29 is 22.5 Å². The lowest BCUT2D eigenvalue weighted by Crippen LogP contribution is -2.24. The number of benzene rings is 1. The number of thiophene rings is 1. The Kier molecular flexibility index (Phi) is 7.33. The third kappa shape index (κ3) is 5.55. The van der Waals surface area contributed by atoms with E-state index in [1.807, 2.05) is 25.2 Å². The van der Waals surface area contributed by atoms with Gasteiger partial charge in [-0.2, -0.15) is 8.42 Å². The van der Waals surface area contributed by atoms with Crippen molar-refractivity contribution in [2.75, 3.05) is 19.0 Å². The van der Waals surface area contributed by atoms with Crippen molar-refractivity contribution in [3.63, 3.8) is 0 Å². The molecule has 0 unspecified atom stereocenters. The molecule has 2 aromatic heterocycles. The van der Waals surface area contributed by atoms with Gasteiger partial charge in [-0.1, -0.05) is 35.9 Å². The lowest BCUT2D eigenvalue weighted by atomic mass is 9.99. The number of carbonyl (C=O) groups is 1. The number of hydrogen-bond donors (Lipinski definition) is 3. The third-order valence-electron chi connectivity index (χ3n) is 6.84. The van der Waals surface area contributed by atoms with E-state index >= 15 is 0 Å². The quantitative estimate of drug-likeness (QED) is 0.352. The Labute approximate surface area is 223 Å². The number of fused-ring (bicyclic) bond motifs is 1. The van der Waals surface area contributed by atoms with Crippen molar-refractivity contribution in [3.05, 3.63) is 74.3 Å². The highest BCUT2D eigenvalue weighted by Gasteiger charge is 2.35. The molecule has 1 saturated carbocycles. The largest absolute Gasteiger partial charge is 0.393 e. The molecular formula is C24H26ClN5O5S2. The van der Waals surface area contributed by atoms with Gasteiger partial charge >= 0.3 is 10.3 Å². The molecular weight excluding hydrogens is 538 g/mol. The number of nitrogens with two attached hydrogens (primary N) is 1. The molecule has 1 fully saturated rings. The van der Waals surface area contributed by atoms with E-state index in [1.165, 1.54) is 35.0 Å². The lowest BCUT2D eigenvalue weighted by molar-refractivity contribution is 0.101. The van der Waals surface area contributed by atoms with Gasteiger partial charge in [0.25, 0.3) is 0 Å². The van der Waals surface area contributed by atoms with Crippen LogP contribution in [0.15, 0.2) is 42.9 Å². The number of ketones is 1. The second-order valence-corrected chi connectivity index (χ2v) is 12.3. The highest BCUT2D eigenvalue weighted by atomic mass is 35.5. The number of aliphatic hydroxyl groups excluding tert-OH is 1. The van der Waals surface area contributed by atoms with Crippen LogP contribution in [0.4, 0.5) is 5.82 Å². The van der Waals surface area contributed by atoms with Crippen LogP contribution in [0.25, 0.3) is 0 Å². The van der Waals surface area contributed by atoms with Crippen LogP contribution in [0.3, 0.4) is 0 Å². The summed E-state index contributed by atoms with van der Waals surface area (Å²) in [5, 5.41) is 18.5. The third-order valence-corrected chi connectivity index (χ3v) is 8.70. The summed E-state index contributed by atoms with van der Waals surface area (Å²) >= 11 is 7.88. The number of anilines is 1. The van der Waals surface area contributed by atoms with Gasteiger partial charge in [0.05, 0.1) is 33.5 Å². The maximum Gasteiger partial charge on any atom is 0.333 e. The summed E-state index contributed by atoms with van der Waals surface area (Å²) in [5.41, 5.74) is 3.57. The Morgan fingerprint density at radius 3 is 2.89 bits per heavy atom. The van der Waals surface area contributed by atoms with Gasteiger partial charge in [-0.3, -0.25) is 13.9 Å². The number of nitrogens with zero attached hydrogens (tertiary/aromatic N) is 3. The molecule has 13 heteroatoms. The molecule has 37 heavy (non-hydrogen) atoms. The van der Waals surface area contributed by atoms with Gasteiger partial charge in [0.15, 0.2) is 0 Å². The number of carbonyl (C=O) groups excluding carboxylic acids is 1. The van der Waals surface area contributed by atoms with Crippen LogP contribution in [-0.2, 0) is 21.0 Å². The van der Waals surface area contributed by atoms with E-state index in [9.17, 15) is 18.3 Å². The first-order valence-corrected chi connectivity index (χ1v) is 14.3. The summed E-state index contributed by atoms with van der Waals surface area (Å²) in [5.74, 6) is -0.357. The monoisotopic (exact) mass is 563 g/mol. The van der Waals surface area contributed by atoms with E-state index in [2.05, 4.69) is 36.5 Å². The second kappa shape index (κ2) is 10.4. The highest BCUT2D eigenvalue weighted by Crippen LogP contribution is 2.43. The van der Waals surface area contributed by atoms with Crippen molar-refractivity contribution in [2.45, 2.75) is 37.6 Å². The molecule has 0 radical (unpaired) electrons. The van der Waals surface area contributed by atoms with E-state index in [0.717, 1.165) is 12.1 Å². The standard InChI is InChI=1S/C24H26ClN5O5S2/c1-30-10-13-4-2-3-5-16(13)21(30)17-8-20(36-23(17)25)22(32)18-9-27-12-28-24(18)29-15-6-14(19(31)7-15)11-35-37(26,33)34/h2-5,8-9,12,14-15,19,21,31H,6-7,10-11H2,1H3,(H2,26,33,34)(H,27,28,29)/t14-,15-,19+,21-/m1/s1. The number of nitrogens with one attached hydrogen (secondary N) is 1. The van der Waals surface area contributed by atoms with Gasteiger partial charge in [0, 0.05) is 30.3 Å². The van der Waals surface area contributed by atoms with E-state index in [0.29, 0.717) is 27.9 Å². The molecule has 3 aromatic rings. The first-order chi connectivity index (χ1) is 17.6. The summed E-state index contributed by atoms with van der Waals surface area (Å²) in [6.07, 6.45) is 2.75. The predicted octanol–water partition coefficient (Wildman–Crippen LogP) is 2.73. The first-order valence-electron chi connectivity index (χ1n) is 11.6. The second-order valence-electron chi connectivity index (χ2n) is 9.39. The predicted molar refractivity (Wildman–Crippen MR) is 140 cm³/mol. The minimum absolute atomic E-state index is 0.0393. The molecule has 0 spiro atoms. The highest BCUT2D eigenvalue weighted by molar-refractivity contribution is 7.84. The molecule has 1 aliphatic carbocycles. The maximum absolute atomic E-state index is 13.6. The van der Waals surface area contributed by atoms with Crippen LogP contribution in [0.1, 0.15) is 50.8 Å². The molecule has 1 aromatic carbocycles. The van der Waals surface area contributed by atoms with Gasteiger partial charge in [-0.25, -0.2) is 15.1 Å². The molecule has 10 nitrogen and oxygen atoms in total. The summed E-state index contributed by atoms with van der Waals surface area (Å²) in [4.78, 5) is 24.5. The van der Waals surface area contributed by atoms with Gasteiger partial charge in [0.2, 0.25) is 5.78 Å². The Bertz CT molecular complexity index is 1430. The molecule has 5 rings (SSSR count). The zero-order chi connectivity index (χ0) is 26.3. The summed E-state index contributed by atoms with van der Waals surface area (Å²) < 4.78 is 27.4. The zero-order valence-corrected chi connectivity index (χ0v) is 22.3. The molecule has 2 aliphatic rings. The smallest absolute Gasteiger partial charge is 0.333 e. The minimum atomic E-state index is -4.10. The topological polar surface area (TPSA) is 148 Å². The molecule has 1 aliphatic heterocycles. The number of rotatable bonds is 8. The fourth-order valence-corrected chi connectivity index (χ4v) is 6.79. The Morgan fingerprint density at radius 1 is 1.32 bits per heavy atom.